The van der Waals surface area contributed by atoms with Crippen molar-refractivity contribution < 1.29 is 8.42 Å². The Morgan fingerprint density at radius 1 is 1.53 bits per heavy atom. The van der Waals surface area contributed by atoms with Gasteiger partial charge in [0.05, 0.1) is 10.8 Å². The fourth-order valence-electron chi connectivity index (χ4n) is 2.95. The molecule has 0 heterocycles. The van der Waals surface area contributed by atoms with E-state index < -0.39 is 20.6 Å². The molecule has 1 aromatic carbocycles. The van der Waals surface area contributed by atoms with E-state index in [1.807, 2.05) is 24.3 Å². The van der Waals surface area contributed by atoms with Crippen LogP contribution in [0.1, 0.15) is 19.3 Å². The number of halogens is 1. The second-order valence-electron chi connectivity index (χ2n) is 5.21. The van der Waals surface area contributed by atoms with Gasteiger partial charge in [-0.05, 0) is 37.5 Å². The van der Waals surface area contributed by atoms with Crippen LogP contribution in [0.3, 0.4) is 0 Å². The molecule has 1 aromatic rings. The molecule has 4 nitrogen and oxygen atoms in total. The predicted molar refractivity (Wildman–Crippen MR) is 82.0 cm³/mol. The monoisotopic (exact) mass is 346 g/mol. The summed E-state index contributed by atoms with van der Waals surface area (Å²) in [6.45, 7) is 0.317. The Hall–Kier alpha value is -0.590. The molecule has 0 spiro atoms. The molecule has 3 N–H and O–H groups in total. The zero-order valence-corrected chi connectivity index (χ0v) is 13.3. The molecule has 1 saturated carbocycles. The van der Waals surface area contributed by atoms with Crippen LogP contribution in [0.4, 0.5) is 5.69 Å². The summed E-state index contributed by atoms with van der Waals surface area (Å²) in [6, 6.07) is 7.72. The average molecular weight is 347 g/mol. The highest BCUT2D eigenvalue weighted by Crippen LogP contribution is 2.37. The Morgan fingerprint density at radius 2 is 2.26 bits per heavy atom. The van der Waals surface area contributed by atoms with Gasteiger partial charge in [-0.2, -0.15) is 0 Å². The third-order valence-corrected chi connectivity index (χ3v) is 6.02. The highest BCUT2D eigenvalue weighted by molar-refractivity contribution is 9.10. The van der Waals surface area contributed by atoms with Crippen molar-refractivity contribution in [3.8, 4) is 0 Å². The van der Waals surface area contributed by atoms with Gasteiger partial charge < -0.3 is 11.1 Å². The van der Waals surface area contributed by atoms with Gasteiger partial charge in [0, 0.05) is 23.0 Å². The number of hydrogen-bond acceptors (Lipinski definition) is 4. The molecule has 6 heteroatoms. The highest BCUT2D eigenvalue weighted by atomic mass is 79.9. The van der Waals surface area contributed by atoms with Gasteiger partial charge in [0.1, 0.15) is 0 Å². The SMILES string of the molecule is CS(=O)(=O)C1CCCC1(CN)Nc1cccc(Br)c1. The highest BCUT2D eigenvalue weighted by Gasteiger charge is 2.47. The fourth-order valence-corrected chi connectivity index (χ4v) is 5.03. The minimum Gasteiger partial charge on any atom is -0.377 e. The lowest BCUT2D eigenvalue weighted by Gasteiger charge is -2.35. The van der Waals surface area contributed by atoms with Crippen LogP contribution in [-0.2, 0) is 9.84 Å². The second kappa shape index (κ2) is 5.42. The van der Waals surface area contributed by atoms with E-state index in [1.54, 1.807) is 0 Å². The molecule has 2 unspecified atom stereocenters. The van der Waals surface area contributed by atoms with Gasteiger partial charge in [-0.15, -0.1) is 0 Å². The van der Waals surface area contributed by atoms with E-state index in [2.05, 4.69) is 21.2 Å². The maximum atomic E-state index is 12.0. The Morgan fingerprint density at radius 3 is 2.84 bits per heavy atom. The first kappa shape index (κ1) is 14.8. The van der Waals surface area contributed by atoms with Crippen LogP contribution in [0.5, 0.6) is 0 Å². The van der Waals surface area contributed by atoms with Gasteiger partial charge in [0.2, 0.25) is 0 Å². The summed E-state index contributed by atoms with van der Waals surface area (Å²) in [7, 11) is -3.11. The lowest BCUT2D eigenvalue weighted by Crippen LogP contribution is -2.54. The molecule has 0 saturated heterocycles. The van der Waals surface area contributed by atoms with Gasteiger partial charge in [0.25, 0.3) is 0 Å². The molecular formula is C13H19BrN2O2S. The molecule has 0 amide bonds. The summed E-state index contributed by atoms with van der Waals surface area (Å²) < 4.78 is 24.9. The number of nitrogens with one attached hydrogen (secondary N) is 1. The van der Waals surface area contributed by atoms with E-state index in [1.165, 1.54) is 6.26 Å². The maximum absolute atomic E-state index is 12.0. The first-order valence-corrected chi connectivity index (χ1v) is 9.05. The summed E-state index contributed by atoms with van der Waals surface area (Å²) in [6.07, 6.45) is 3.65. The molecule has 2 atom stereocenters. The van der Waals surface area contributed by atoms with Gasteiger partial charge in [-0.1, -0.05) is 22.0 Å². The lowest BCUT2D eigenvalue weighted by molar-refractivity contribution is 0.479. The van der Waals surface area contributed by atoms with Gasteiger partial charge in [0.15, 0.2) is 9.84 Å². The fraction of sp³-hybridized carbons (Fsp3) is 0.538. The first-order chi connectivity index (χ1) is 8.87. The average Bonchev–Trinajstić information content (AvgIpc) is 2.73. The number of benzene rings is 1. The van der Waals surface area contributed by atoms with Crippen LogP contribution < -0.4 is 11.1 Å². The zero-order valence-electron chi connectivity index (χ0n) is 10.9. The molecule has 1 aliphatic carbocycles. The molecule has 0 bridgehead atoms. The van der Waals surface area contributed by atoms with Crippen molar-refractivity contribution in [2.45, 2.75) is 30.1 Å². The van der Waals surface area contributed by atoms with E-state index in [0.29, 0.717) is 13.0 Å². The van der Waals surface area contributed by atoms with E-state index >= 15 is 0 Å². The van der Waals surface area contributed by atoms with Crippen LogP contribution >= 0.6 is 15.9 Å². The second-order valence-corrected chi connectivity index (χ2v) is 8.35. The normalized spacial score (nSPS) is 27.4. The standard InChI is InChI=1S/C13H19BrN2O2S/c1-19(17,18)12-6-3-7-13(12,9-15)16-11-5-2-4-10(14)8-11/h2,4-5,8,12,16H,3,6-7,9,15H2,1H3. The van der Waals surface area contributed by atoms with Crippen molar-refractivity contribution in [3.63, 3.8) is 0 Å². The van der Waals surface area contributed by atoms with E-state index in [-0.39, 0.29) is 0 Å². The summed E-state index contributed by atoms with van der Waals surface area (Å²) in [5, 5.41) is 2.95. The summed E-state index contributed by atoms with van der Waals surface area (Å²) >= 11 is 3.42. The van der Waals surface area contributed by atoms with Crippen LogP contribution in [0.2, 0.25) is 0 Å². The van der Waals surface area contributed by atoms with E-state index in [4.69, 9.17) is 5.73 Å². The zero-order chi connectivity index (χ0) is 14.1. The Balaban J connectivity index is 2.33. The summed E-state index contributed by atoms with van der Waals surface area (Å²) in [5.74, 6) is 0. The predicted octanol–water partition coefficient (Wildman–Crippen LogP) is 2.16. The maximum Gasteiger partial charge on any atom is 0.152 e. The van der Waals surface area contributed by atoms with Crippen molar-refractivity contribution in [3.05, 3.63) is 28.7 Å². The minimum atomic E-state index is -3.11. The summed E-state index contributed by atoms with van der Waals surface area (Å²) in [5.41, 5.74) is 6.25. The molecule has 1 aliphatic rings. The van der Waals surface area contributed by atoms with Gasteiger partial charge in [-0.3, -0.25) is 0 Å². The number of sulfone groups is 1. The van der Waals surface area contributed by atoms with E-state index in [9.17, 15) is 8.42 Å². The lowest BCUT2D eigenvalue weighted by atomic mass is 9.97. The van der Waals surface area contributed by atoms with Gasteiger partial charge in [-0.25, -0.2) is 8.42 Å². The molecule has 106 valence electrons. The van der Waals surface area contributed by atoms with Crippen LogP contribution in [-0.4, -0.2) is 32.0 Å². The number of hydrogen-bond donors (Lipinski definition) is 2. The molecular weight excluding hydrogens is 328 g/mol. The van der Waals surface area contributed by atoms with E-state index in [0.717, 1.165) is 23.0 Å². The quantitative estimate of drug-likeness (QED) is 0.876. The third kappa shape index (κ3) is 3.12. The topological polar surface area (TPSA) is 72.2 Å². The molecule has 0 aromatic heterocycles. The number of anilines is 1. The van der Waals surface area contributed by atoms with Crippen molar-refractivity contribution in [2.75, 3.05) is 18.1 Å². The van der Waals surface area contributed by atoms with Gasteiger partial charge >= 0.3 is 0 Å². The number of nitrogens with two attached hydrogens (primary N) is 1. The molecule has 0 aliphatic heterocycles. The van der Waals surface area contributed by atoms with Crippen molar-refractivity contribution in [1.29, 1.82) is 0 Å². The van der Waals surface area contributed by atoms with Crippen LogP contribution in [0.15, 0.2) is 28.7 Å². The Labute approximate surface area is 122 Å². The summed E-state index contributed by atoms with van der Waals surface area (Å²) in [4.78, 5) is 0. The molecule has 0 radical (unpaired) electrons. The Kier molecular flexibility index (Phi) is 4.23. The molecule has 1 fully saturated rings. The first-order valence-electron chi connectivity index (χ1n) is 6.30. The Bertz CT molecular complexity index is 562. The smallest absolute Gasteiger partial charge is 0.152 e. The third-order valence-electron chi connectivity index (χ3n) is 3.80. The molecule has 2 rings (SSSR count). The molecule has 19 heavy (non-hydrogen) atoms. The largest absolute Gasteiger partial charge is 0.377 e. The van der Waals surface area contributed by atoms with Crippen LogP contribution in [0.25, 0.3) is 0 Å². The van der Waals surface area contributed by atoms with Crippen LogP contribution in [0, 0.1) is 0 Å². The minimum absolute atomic E-state index is 0.317. The van der Waals surface area contributed by atoms with Crippen molar-refractivity contribution >= 4 is 31.5 Å². The number of rotatable bonds is 4. The van der Waals surface area contributed by atoms with Crippen molar-refractivity contribution in [1.82, 2.24) is 0 Å². The van der Waals surface area contributed by atoms with Crippen molar-refractivity contribution in [2.24, 2.45) is 5.73 Å².